The SMILES string of the molecule is O=C(O)CS(=O)C1CCN(c2ccc(C(F)(F)F)cc2C(F)(F)F)C1. The maximum atomic E-state index is 13.2. The Bertz CT molecular complexity index is 688. The Balaban J connectivity index is 2.30. The molecule has 1 saturated heterocycles. The topological polar surface area (TPSA) is 57.6 Å². The highest BCUT2D eigenvalue weighted by Gasteiger charge is 2.40. The molecular weight excluding hydrogens is 376 g/mol. The number of halogens is 6. The lowest BCUT2D eigenvalue weighted by atomic mass is 10.1. The summed E-state index contributed by atoms with van der Waals surface area (Å²) in [6.07, 6.45) is -9.71. The number of alkyl halides is 6. The molecule has 2 rings (SSSR count). The Morgan fingerprint density at radius 1 is 1.20 bits per heavy atom. The van der Waals surface area contributed by atoms with E-state index in [9.17, 15) is 35.3 Å². The van der Waals surface area contributed by atoms with Crippen molar-refractivity contribution in [1.29, 1.82) is 0 Å². The minimum absolute atomic E-state index is 0.0461. The molecule has 0 aromatic heterocycles. The second-order valence-electron chi connectivity index (χ2n) is 5.50. The zero-order valence-electron chi connectivity index (χ0n) is 12.5. The molecule has 0 saturated carbocycles. The molecule has 1 heterocycles. The number of carboxylic acids is 1. The third kappa shape index (κ3) is 4.65. The molecule has 0 amide bonds. The summed E-state index contributed by atoms with van der Waals surface area (Å²) in [4.78, 5) is 11.8. The average Bonchev–Trinajstić information content (AvgIpc) is 2.93. The van der Waals surface area contributed by atoms with Gasteiger partial charge in [0.05, 0.1) is 16.4 Å². The monoisotopic (exact) mass is 389 g/mol. The van der Waals surface area contributed by atoms with Gasteiger partial charge in [-0.15, -0.1) is 0 Å². The third-order valence-electron chi connectivity index (χ3n) is 3.75. The van der Waals surface area contributed by atoms with Gasteiger partial charge in [0.25, 0.3) is 0 Å². The molecule has 0 spiro atoms. The van der Waals surface area contributed by atoms with Crippen LogP contribution in [0.3, 0.4) is 0 Å². The van der Waals surface area contributed by atoms with Gasteiger partial charge in [-0.1, -0.05) is 0 Å². The predicted molar refractivity (Wildman–Crippen MR) is 77.7 cm³/mol. The van der Waals surface area contributed by atoms with Crippen LogP contribution < -0.4 is 4.90 Å². The van der Waals surface area contributed by atoms with E-state index in [4.69, 9.17) is 5.11 Å². The minimum Gasteiger partial charge on any atom is -0.481 e. The summed E-state index contributed by atoms with van der Waals surface area (Å²) in [6, 6.07) is 1.36. The van der Waals surface area contributed by atoms with Crippen LogP contribution in [0.25, 0.3) is 0 Å². The molecule has 11 heteroatoms. The maximum Gasteiger partial charge on any atom is 0.418 e. The second kappa shape index (κ2) is 6.85. The van der Waals surface area contributed by atoms with Crippen LogP contribution in [0.15, 0.2) is 18.2 Å². The van der Waals surface area contributed by atoms with Crippen LogP contribution in [0.4, 0.5) is 32.0 Å². The number of hydrogen-bond donors (Lipinski definition) is 1. The first kappa shape index (κ1) is 19.5. The molecular formula is C14H13F6NO3S. The smallest absolute Gasteiger partial charge is 0.418 e. The van der Waals surface area contributed by atoms with Gasteiger partial charge in [0.2, 0.25) is 0 Å². The van der Waals surface area contributed by atoms with Gasteiger partial charge in [-0.3, -0.25) is 9.00 Å². The van der Waals surface area contributed by atoms with Crippen molar-refractivity contribution in [2.45, 2.75) is 24.0 Å². The summed E-state index contributed by atoms with van der Waals surface area (Å²) >= 11 is 0. The fourth-order valence-electron chi connectivity index (χ4n) is 2.62. The van der Waals surface area contributed by atoms with E-state index >= 15 is 0 Å². The molecule has 0 radical (unpaired) electrons. The first-order chi connectivity index (χ1) is 11.4. The van der Waals surface area contributed by atoms with Gasteiger partial charge in [-0.25, -0.2) is 0 Å². The summed E-state index contributed by atoms with van der Waals surface area (Å²) in [5.74, 6) is -1.92. The number of benzene rings is 1. The van der Waals surface area contributed by atoms with E-state index in [-0.39, 0.29) is 25.6 Å². The Kier molecular flexibility index (Phi) is 5.35. The molecule has 2 unspecified atom stereocenters. The van der Waals surface area contributed by atoms with Crippen LogP contribution in [0.2, 0.25) is 0 Å². The summed E-state index contributed by atoms with van der Waals surface area (Å²) in [5, 5.41) is 7.97. The number of carbonyl (C=O) groups is 1. The molecule has 0 bridgehead atoms. The molecule has 4 nitrogen and oxygen atoms in total. The van der Waals surface area contributed by atoms with Gasteiger partial charge >= 0.3 is 18.3 Å². The second-order valence-corrected chi connectivity index (χ2v) is 7.22. The molecule has 1 aliphatic heterocycles. The number of nitrogens with zero attached hydrogens (tertiary/aromatic N) is 1. The summed E-state index contributed by atoms with van der Waals surface area (Å²) in [7, 11) is -1.77. The third-order valence-corrected chi connectivity index (χ3v) is 5.41. The highest BCUT2D eigenvalue weighted by atomic mass is 32.2. The van der Waals surface area contributed by atoms with Gasteiger partial charge in [0, 0.05) is 29.6 Å². The van der Waals surface area contributed by atoms with Crippen molar-refractivity contribution < 1.29 is 40.5 Å². The summed E-state index contributed by atoms with van der Waals surface area (Å²) < 4.78 is 89.4. The zero-order valence-corrected chi connectivity index (χ0v) is 13.3. The van der Waals surface area contributed by atoms with Crippen molar-refractivity contribution in [3.05, 3.63) is 29.3 Å². The Morgan fingerprint density at radius 2 is 1.84 bits per heavy atom. The number of carboxylic acid groups (broad SMARTS) is 1. The van der Waals surface area contributed by atoms with Crippen LogP contribution in [0.5, 0.6) is 0 Å². The Hall–Kier alpha value is -1.78. The summed E-state index contributed by atoms with van der Waals surface area (Å²) in [6.45, 7) is -0.0706. The zero-order chi connectivity index (χ0) is 19.0. The maximum absolute atomic E-state index is 13.2. The lowest BCUT2D eigenvalue weighted by Gasteiger charge is -2.24. The van der Waals surface area contributed by atoms with Gasteiger partial charge in [-0.2, -0.15) is 26.3 Å². The molecule has 25 heavy (non-hydrogen) atoms. The van der Waals surface area contributed by atoms with Crippen LogP contribution in [0.1, 0.15) is 17.5 Å². The van der Waals surface area contributed by atoms with Crippen molar-refractivity contribution in [3.8, 4) is 0 Å². The molecule has 1 fully saturated rings. The largest absolute Gasteiger partial charge is 0.481 e. The Labute approximate surface area is 140 Å². The van der Waals surface area contributed by atoms with Crippen LogP contribution >= 0.6 is 0 Å². The van der Waals surface area contributed by atoms with E-state index in [1.54, 1.807) is 0 Å². The first-order valence-corrected chi connectivity index (χ1v) is 8.40. The van der Waals surface area contributed by atoms with Crippen molar-refractivity contribution in [2.75, 3.05) is 23.7 Å². The van der Waals surface area contributed by atoms with Crippen molar-refractivity contribution in [1.82, 2.24) is 0 Å². The van der Waals surface area contributed by atoms with Crippen LogP contribution in [0, 0.1) is 0 Å². The molecule has 140 valence electrons. The van der Waals surface area contributed by atoms with E-state index in [0.29, 0.717) is 6.07 Å². The van der Waals surface area contributed by atoms with Gasteiger partial charge < -0.3 is 10.0 Å². The number of hydrogen-bond acceptors (Lipinski definition) is 3. The van der Waals surface area contributed by atoms with Gasteiger partial charge in [0.1, 0.15) is 5.75 Å². The van der Waals surface area contributed by atoms with Crippen molar-refractivity contribution in [3.63, 3.8) is 0 Å². The number of anilines is 1. The first-order valence-electron chi connectivity index (χ1n) is 7.02. The molecule has 2 atom stereocenters. The van der Waals surface area contributed by atoms with Gasteiger partial charge in [-0.05, 0) is 24.6 Å². The minimum atomic E-state index is -4.99. The fraction of sp³-hybridized carbons (Fsp3) is 0.500. The lowest BCUT2D eigenvalue weighted by Crippen LogP contribution is -2.28. The molecule has 1 aliphatic rings. The van der Waals surface area contributed by atoms with E-state index < -0.39 is 56.9 Å². The highest BCUT2D eigenvalue weighted by Crippen LogP contribution is 2.41. The van der Waals surface area contributed by atoms with Crippen LogP contribution in [-0.2, 0) is 27.9 Å². The molecule has 1 aromatic rings. The van der Waals surface area contributed by atoms with E-state index in [1.165, 1.54) is 4.90 Å². The summed E-state index contributed by atoms with van der Waals surface area (Å²) in [5.41, 5.74) is -3.27. The van der Waals surface area contributed by atoms with E-state index in [2.05, 4.69) is 0 Å². The van der Waals surface area contributed by atoms with E-state index in [0.717, 1.165) is 6.07 Å². The molecule has 1 aromatic carbocycles. The highest BCUT2D eigenvalue weighted by molar-refractivity contribution is 7.86. The van der Waals surface area contributed by atoms with Crippen molar-refractivity contribution >= 4 is 22.5 Å². The normalized spacial score (nSPS) is 19.9. The standard InChI is InChI=1S/C14H13F6NO3S/c15-13(16,17)8-1-2-11(10(5-8)14(18,19)20)21-4-3-9(6-21)25(24)7-12(22)23/h1-2,5,9H,3-4,6-7H2,(H,22,23). The number of rotatable bonds is 4. The predicted octanol–water partition coefficient (Wildman–Crippen LogP) is 3.14. The lowest BCUT2D eigenvalue weighted by molar-refractivity contribution is -0.142. The van der Waals surface area contributed by atoms with Crippen molar-refractivity contribution in [2.24, 2.45) is 0 Å². The average molecular weight is 389 g/mol. The quantitative estimate of drug-likeness (QED) is 0.804. The number of aliphatic carboxylic acids is 1. The molecule has 0 aliphatic carbocycles. The fourth-order valence-corrected chi connectivity index (χ4v) is 3.81. The van der Waals surface area contributed by atoms with Crippen LogP contribution in [-0.4, -0.2) is 39.4 Å². The molecule has 1 N–H and O–H groups in total. The van der Waals surface area contributed by atoms with E-state index in [1.807, 2.05) is 0 Å². The Morgan fingerprint density at radius 3 is 2.36 bits per heavy atom. The van der Waals surface area contributed by atoms with Gasteiger partial charge in [0.15, 0.2) is 0 Å².